The molecule has 110 valence electrons. The van der Waals surface area contributed by atoms with E-state index in [9.17, 15) is 14.9 Å². The maximum atomic E-state index is 12.1. The summed E-state index contributed by atoms with van der Waals surface area (Å²) in [5.74, 6) is 0.368. The van der Waals surface area contributed by atoms with Crippen molar-refractivity contribution in [3.8, 4) is 0 Å². The van der Waals surface area contributed by atoms with Crippen LogP contribution in [0.25, 0.3) is 0 Å². The Morgan fingerprint density at radius 3 is 2.50 bits per heavy atom. The highest BCUT2D eigenvalue weighted by molar-refractivity contribution is 5.87. The first kappa shape index (κ1) is 15.9. The molecular weight excluding hydrogens is 262 g/mol. The van der Waals surface area contributed by atoms with Crippen molar-refractivity contribution in [2.45, 2.75) is 40.2 Å². The molecule has 0 aliphatic heterocycles. The van der Waals surface area contributed by atoms with Crippen LogP contribution < -0.4 is 4.90 Å². The molecule has 1 rings (SSSR count). The summed E-state index contributed by atoms with van der Waals surface area (Å²) in [5.41, 5.74) is -0.169. The van der Waals surface area contributed by atoms with Gasteiger partial charge in [0.25, 0.3) is 5.69 Å². The van der Waals surface area contributed by atoms with Crippen molar-refractivity contribution in [1.29, 1.82) is 0 Å². The molecule has 7 heteroatoms. The van der Waals surface area contributed by atoms with Gasteiger partial charge in [0.2, 0.25) is 0 Å². The van der Waals surface area contributed by atoms with Gasteiger partial charge in [-0.3, -0.25) is 15.0 Å². The monoisotopic (exact) mass is 281 g/mol. The minimum atomic E-state index is -0.612. The van der Waals surface area contributed by atoms with E-state index in [-0.39, 0.29) is 5.69 Å². The third kappa shape index (κ3) is 3.91. The molecule has 0 aliphatic rings. The van der Waals surface area contributed by atoms with Gasteiger partial charge in [-0.1, -0.05) is 0 Å². The number of nitrogens with zero attached hydrogens (tertiary/aromatic N) is 3. The van der Waals surface area contributed by atoms with Crippen LogP contribution in [-0.2, 0) is 4.74 Å². The minimum Gasteiger partial charge on any atom is -0.443 e. The smallest absolute Gasteiger partial charge is 0.415 e. The number of nitro groups is 1. The Bertz CT molecular complexity index is 523. The van der Waals surface area contributed by atoms with Crippen molar-refractivity contribution in [1.82, 2.24) is 4.98 Å². The number of rotatable bonds is 3. The number of anilines is 1. The number of carbonyl (C=O) groups excluding carboxylic acids is 1. The molecule has 0 aliphatic carbocycles. The number of ether oxygens (including phenoxy) is 1. The summed E-state index contributed by atoms with van der Waals surface area (Å²) in [6, 6.07) is 1.38. The van der Waals surface area contributed by atoms with Gasteiger partial charge in [-0.05, 0) is 40.2 Å². The van der Waals surface area contributed by atoms with Gasteiger partial charge in [0.1, 0.15) is 17.6 Å². The largest absolute Gasteiger partial charge is 0.443 e. The second kappa shape index (κ2) is 5.85. The van der Waals surface area contributed by atoms with Crippen molar-refractivity contribution in [3.63, 3.8) is 0 Å². The lowest BCUT2D eigenvalue weighted by atomic mass is 10.2. The van der Waals surface area contributed by atoms with Gasteiger partial charge in [-0.2, -0.15) is 0 Å². The molecule has 0 unspecified atom stereocenters. The van der Waals surface area contributed by atoms with Crippen molar-refractivity contribution in [3.05, 3.63) is 27.9 Å². The normalized spacial score (nSPS) is 11.1. The summed E-state index contributed by atoms with van der Waals surface area (Å²) < 4.78 is 5.29. The number of aryl methyl sites for hydroxylation is 1. The van der Waals surface area contributed by atoms with E-state index in [0.29, 0.717) is 17.9 Å². The fraction of sp³-hybridized carbons (Fsp3) is 0.538. The molecule has 0 spiro atoms. The van der Waals surface area contributed by atoms with Crippen LogP contribution in [0.5, 0.6) is 0 Å². The van der Waals surface area contributed by atoms with Crippen LogP contribution >= 0.6 is 0 Å². The summed E-state index contributed by atoms with van der Waals surface area (Å²) in [5, 5.41) is 10.7. The van der Waals surface area contributed by atoms with Crippen LogP contribution in [0.1, 0.15) is 33.3 Å². The molecule has 0 bridgehead atoms. The van der Waals surface area contributed by atoms with Crippen molar-refractivity contribution in [2.24, 2.45) is 0 Å². The summed E-state index contributed by atoms with van der Waals surface area (Å²) in [6.07, 6.45) is 0.611. The lowest BCUT2D eigenvalue weighted by Crippen LogP contribution is -2.37. The Morgan fingerprint density at radius 1 is 1.50 bits per heavy atom. The van der Waals surface area contributed by atoms with Gasteiger partial charge in [-0.25, -0.2) is 9.78 Å². The van der Waals surface area contributed by atoms with E-state index in [2.05, 4.69) is 4.98 Å². The van der Waals surface area contributed by atoms with Gasteiger partial charge < -0.3 is 4.74 Å². The molecular formula is C13H19N3O4. The minimum absolute atomic E-state index is 0.105. The summed E-state index contributed by atoms with van der Waals surface area (Å²) in [7, 11) is 0. The highest BCUT2D eigenvalue weighted by Gasteiger charge is 2.25. The van der Waals surface area contributed by atoms with E-state index >= 15 is 0 Å². The summed E-state index contributed by atoms with van der Waals surface area (Å²) in [6.45, 7) is 9.13. The van der Waals surface area contributed by atoms with Crippen LogP contribution in [0.15, 0.2) is 12.3 Å². The quantitative estimate of drug-likeness (QED) is 0.627. The van der Waals surface area contributed by atoms with Crippen LogP contribution in [0, 0.1) is 17.0 Å². The number of amides is 1. The van der Waals surface area contributed by atoms with Crippen molar-refractivity contribution >= 4 is 17.6 Å². The van der Waals surface area contributed by atoms with Crippen molar-refractivity contribution < 1.29 is 14.5 Å². The first-order valence-corrected chi connectivity index (χ1v) is 6.27. The molecule has 0 fully saturated rings. The molecule has 0 N–H and O–H groups in total. The fourth-order valence-electron chi connectivity index (χ4n) is 1.62. The number of pyridine rings is 1. The summed E-state index contributed by atoms with van der Waals surface area (Å²) >= 11 is 0. The van der Waals surface area contributed by atoms with Gasteiger partial charge in [0, 0.05) is 12.6 Å². The van der Waals surface area contributed by atoms with E-state index in [0.717, 1.165) is 6.20 Å². The van der Waals surface area contributed by atoms with E-state index in [1.165, 1.54) is 11.0 Å². The summed E-state index contributed by atoms with van der Waals surface area (Å²) in [4.78, 5) is 27.6. The zero-order valence-corrected chi connectivity index (χ0v) is 12.3. The van der Waals surface area contributed by atoms with Gasteiger partial charge in [0.05, 0.1) is 4.92 Å². The molecule has 1 aromatic heterocycles. The third-order valence-electron chi connectivity index (χ3n) is 2.43. The average Bonchev–Trinajstić information content (AvgIpc) is 2.29. The number of hydrogen-bond acceptors (Lipinski definition) is 5. The third-order valence-corrected chi connectivity index (χ3v) is 2.43. The van der Waals surface area contributed by atoms with Crippen LogP contribution in [0.4, 0.5) is 16.3 Å². The topological polar surface area (TPSA) is 85.6 Å². The van der Waals surface area contributed by atoms with Crippen LogP contribution in [0.2, 0.25) is 0 Å². The first-order valence-electron chi connectivity index (χ1n) is 6.27. The molecule has 1 aromatic rings. The average molecular weight is 281 g/mol. The van der Waals surface area contributed by atoms with Crippen molar-refractivity contribution in [2.75, 3.05) is 11.4 Å². The molecule has 0 saturated heterocycles. The van der Waals surface area contributed by atoms with Crippen LogP contribution in [-0.4, -0.2) is 28.1 Å². The molecule has 0 aromatic carbocycles. The van der Waals surface area contributed by atoms with E-state index in [4.69, 9.17) is 4.74 Å². The highest BCUT2D eigenvalue weighted by Crippen LogP contribution is 2.23. The zero-order chi connectivity index (χ0) is 15.5. The molecule has 0 atom stereocenters. The molecule has 7 nitrogen and oxygen atoms in total. The van der Waals surface area contributed by atoms with E-state index in [1.807, 2.05) is 0 Å². The molecule has 0 saturated carbocycles. The SMILES string of the molecule is CCN(C(=O)OC(C)(C)C)c1ncc([N+](=O)[O-])cc1C. The van der Waals surface area contributed by atoms with E-state index < -0.39 is 16.6 Å². The standard InChI is InChI=1S/C13H19N3O4/c1-6-15(12(17)20-13(3,4)5)11-9(2)7-10(8-14-11)16(18)19/h7-8H,6H2,1-5H3. The molecule has 20 heavy (non-hydrogen) atoms. The van der Waals surface area contributed by atoms with E-state index in [1.54, 1.807) is 34.6 Å². The molecule has 1 heterocycles. The van der Waals surface area contributed by atoms with Gasteiger partial charge in [0.15, 0.2) is 0 Å². The van der Waals surface area contributed by atoms with Gasteiger partial charge in [-0.15, -0.1) is 0 Å². The van der Waals surface area contributed by atoms with Gasteiger partial charge >= 0.3 is 6.09 Å². The Hall–Kier alpha value is -2.18. The predicted octanol–water partition coefficient (Wildman–Crippen LogP) is 3.06. The Labute approximate surface area is 117 Å². The Morgan fingerprint density at radius 2 is 2.10 bits per heavy atom. The lowest BCUT2D eigenvalue weighted by Gasteiger charge is -2.26. The number of carbonyl (C=O) groups is 1. The number of aromatic nitrogens is 1. The zero-order valence-electron chi connectivity index (χ0n) is 12.3. The molecule has 0 radical (unpaired) electrons. The lowest BCUT2D eigenvalue weighted by molar-refractivity contribution is -0.385. The second-order valence-electron chi connectivity index (χ2n) is 5.32. The Balaban J connectivity index is 3.07. The highest BCUT2D eigenvalue weighted by atomic mass is 16.6. The predicted molar refractivity (Wildman–Crippen MR) is 74.9 cm³/mol. The maximum Gasteiger partial charge on any atom is 0.415 e. The second-order valence-corrected chi connectivity index (χ2v) is 5.32. The maximum absolute atomic E-state index is 12.1. The van der Waals surface area contributed by atoms with Crippen LogP contribution in [0.3, 0.4) is 0 Å². The molecule has 1 amide bonds. The number of hydrogen-bond donors (Lipinski definition) is 0. The first-order chi connectivity index (χ1) is 9.15. The Kier molecular flexibility index (Phi) is 4.65. The fourth-order valence-corrected chi connectivity index (χ4v) is 1.62.